The Hall–Kier alpha value is -1.97. The van der Waals surface area contributed by atoms with E-state index in [1.165, 1.54) is 7.11 Å². The summed E-state index contributed by atoms with van der Waals surface area (Å²) in [5, 5.41) is 0. The largest absolute Gasteiger partial charge is 0.497 e. The molecule has 4 heteroatoms. The minimum absolute atomic E-state index is 0.322. The van der Waals surface area contributed by atoms with Gasteiger partial charge in [0.2, 0.25) is 0 Å². The van der Waals surface area contributed by atoms with Crippen molar-refractivity contribution >= 4 is 0 Å². The molecular formula is C17H21F3O. The van der Waals surface area contributed by atoms with Gasteiger partial charge < -0.3 is 4.74 Å². The number of alkyl halides is 3. The summed E-state index contributed by atoms with van der Waals surface area (Å²) in [5.74, 6) is 0.405. The first-order valence-electron chi connectivity index (χ1n) is 6.48. The zero-order valence-corrected chi connectivity index (χ0v) is 12.6. The van der Waals surface area contributed by atoms with Crippen molar-refractivity contribution in [3.05, 3.63) is 72.1 Å². The second-order valence-corrected chi connectivity index (χ2v) is 4.09. The van der Waals surface area contributed by atoms with Crippen LogP contribution in [0.15, 0.2) is 72.1 Å². The van der Waals surface area contributed by atoms with Gasteiger partial charge in [-0.1, -0.05) is 43.0 Å². The van der Waals surface area contributed by atoms with Gasteiger partial charge in [0.15, 0.2) is 0 Å². The highest BCUT2D eigenvalue weighted by Crippen LogP contribution is 2.28. The summed E-state index contributed by atoms with van der Waals surface area (Å²) in [6, 6.07) is 0. The Balaban J connectivity index is 5.10. The summed E-state index contributed by atoms with van der Waals surface area (Å²) in [7, 11) is 1.43. The van der Waals surface area contributed by atoms with E-state index in [0.717, 1.165) is 6.08 Å². The van der Waals surface area contributed by atoms with E-state index in [4.69, 9.17) is 4.74 Å². The fourth-order valence-corrected chi connectivity index (χ4v) is 1.47. The van der Waals surface area contributed by atoms with Crippen LogP contribution in [-0.2, 0) is 4.74 Å². The SMILES string of the molecule is C=C(/C=C(C/C=C/C=C\C=C/C)\C(=C\C)OC)C(F)(F)F. The van der Waals surface area contributed by atoms with Gasteiger partial charge in [0.1, 0.15) is 5.76 Å². The minimum Gasteiger partial charge on any atom is -0.497 e. The molecule has 0 aliphatic rings. The van der Waals surface area contributed by atoms with Crippen LogP contribution >= 0.6 is 0 Å². The molecule has 0 atom stereocenters. The van der Waals surface area contributed by atoms with Crippen molar-refractivity contribution in [3.63, 3.8) is 0 Å². The van der Waals surface area contributed by atoms with Crippen LogP contribution in [0, 0.1) is 0 Å². The van der Waals surface area contributed by atoms with Crippen molar-refractivity contribution in [2.75, 3.05) is 7.11 Å². The number of ether oxygens (including phenoxy) is 1. The predicted molar refractivity (Wildman–Crippen MR) is 81.8 cm³/mol. The van der Waals surface area contributed by atoms with Crippen LogP contribution in [-0.4, -0.2) is 13.3 Å². The first-order chi connectivity index (χ1) is 9.86. The number of halogens is 3. The Morgan fingerprint density at radius 3 is 2.19 bits per heavy atom. The third-order valence-electron chi connectivity index (χ3n) is 2.51. The van der Waals surface area contributed by atoms with E-state index in [9.17, 15) is 13.2 Å². The lowest BCUT2D eigenvalue weighted by atomic mass is 10.1. The maximum Gasteiger partial charge on any atom is 0.415 e. The number of hydrogen-bond donors (Lipinski definition) is 0. The van der Waals surface area contributed by atoms with Crippen LogP contribution in [0.3, 0.4) is 0 Å². The van der Waals surface area contributed by atoms with Crippen molar-refractivity contribution in [2.24, 2.45) is 0 Å². The molecule has 21 heavy (non-hydrogen) atoms. The molecule has 0 rings (SSSR count). The van der Waals surface area contributed by atoms with E-state index in [2.05, 4.69) is 6.58 Å². The van der Waals surface area contributed by atoms with E-state index in [1.807, 2.05) is 25.2 Å². The second-order valence-electron chi connectivity index (χ2n) is 4.09. The van der Waals surface area contributed by atoms with Crippen molar-refractivity contribution in [2.45, 2.75) is 26.4 Å². The normalized spacial score (nSPS) is 14.6. The van der Waals surface area contributed by atoms with Gasteiger partial charge in [-0.15, -0.1) is 0 Å². The van der Waals surface area contributed by atoms with E-state index in [0.29, 0.717) is 17.8 Å². The van der Waals surface area contributed by atoms with Gasteiger partial charge in [-0.3, -0.25) is 0 Å². The fraction of sp³-hybridized carbons (Fsp3) is 0.294. The Morgan fingerprint density at radius 1 is 1.10 bits per heavy atom. The van der Waals surface area contributed by atoms with E-state index in [-0.39, 0.29) is 0 Å². The summed E-state index contributed by atoms with van der Waals surface area (Å²) in [4.78, 5) is 0. The highest BCUT2D eigenvalue weighted by Gasteiger charge is 2.30. The maximum absolute atomic E-state index is 12.6. The summed E-state index contributed by atoms with van der Waals surface area (Å²) in [6.45, 7) is 6.66. The van der Waals surface area contributed by atoms with E-state index >= 15 is 0 Å². The predicted octanol–water partition coefficient (Wildman–Crippen LogP) is 5.66. The standard InChI is InChI=1S/C17H21F3O/c1-5-7-8-9-10-11-12-15(16(6-2)21-4)13-14(3)17(18,19)20/h5-11,13H,3,12H2,1-2,4H3/b7-5-,9-8-,11-10+,15-13-,16-6-. The molecule has 0 heterocycles. The van der Waals surface area contributed by atoms with E-state index in [1.54, 1.807) is 31.2 Å². The molecule has 0 aliphatic carbocycles. The molecule has 0 unspecified atom stereocenters. The average molecular weight is 298 g/mol. The monoisotopic (exact) mass is 298 g/mol. The van der Waals surface area contributed by atoms with Gasteiger partial charge in [-0.25, -0.2) is 0 Å². The molecule has 0 spiro atoms. The quantitative estimate of drug-likeness (QED) is 0.435. The van der Waals surface area contributed by atoms with Gasteiger partial charge >= 0.3 is 6.18 Å². The van der Waals surface area contributed by atoms with Crippen LogP contribution in [0.4, 0.5) is 13.2 Å². The van der Waals surface area contributed by atoms with Crippen molar-refractivity contribution in [1.82, 2.24) is 0 Å². The Bertz CT molecular complexity index is 475. The Kier molecular flexibility index (Phi) is 8.93. The summed E-state index contributed by atoms with van der Waals surface area (Å²) >= 11 is 0. The molecule has 0 aromatic carbocycles. The van der Waals surface area contributed by atoms with Crippen LogP contribution in [0.2, 0.25) is 0 Å². The van der Waals surface area contributed by atoms with E-state index < -0.39 is 11.7 Å². The molecule has 0 saturated carbocycles. The molecule has 0 amide bonds. The molecule has 116 valence electrons. The summed E-state index contributed by atoms with van der Waals surface area (Å²) in [6.07, 6.45) is 9.43. The molecule has 0 fully saturated rings. The lowest BCUT2D eigenvalue weighted by Gasteiger charge is -2.11. The van der Waals surface area contributed by atoms with Gasteiger partial charge in [-0.2, -0.15) is 13.2 Å². The van der Waals surface area contributed by atoms with Crippen LogP contribution in [0.25, 0.3) is 0 Å². The zero-order valence-electron chi connectivity index (χ0n) is 12.6. The van der Waals surface area contributed by atoms with Gasteiger partial charge in [0, 0.05) is 5.57 Å². The Labute approximate surface area is 124 Å². The van der Waals surface area contributed by atoms with Crippen molar-refractivity contribution in [3.8, 4) is 0 Å². The molecular weight excluding hydrogens is 277 g/mol. The maximum atomic E-state index is 12.6. The zero-order chi connectivity index (χ0) is 16.3. The average Bonchev–Trinajstić information content (AvgIpc) is 2.42. The lowest BCUT2D eigenvalue weighted by Crippen LogP contribution is -2.09. The summed E-state index contributed by atoms with van der Waals surface area (Å²) in [5.41, 5.74) is -0.468. The van der Waals surface area contributed by atoms with Crippen LogP contribution in [0.1, 0.15) is 20.3 Å². The Morgan fingerprint density at radius 2 is 1.71 bits per heavy atom. The van der Waals surface area contributed by atoms with Crippen LogP contribution < -0.4 is 0 Å². The fourth-order valence-electron chi connectivity index (χ4n) is 1.47. The van der Waals surface area contributed by atoms with Gasteiger partial charge in [0.25, 0.3) is 0 Å². The molecule has 0 saturated heterocycles. The molecule has 1 nitrogen and oxygen atoms in total. The lowest BCUT2D eigenvalue weighted by molar-refractivity contribution is -0.0878. The minimum atomic E-state index is -4.44. The third kappa shape index (κ3) is 8.02. The molecule has 0 N–H and O–H groups in total. The highest BCUT2D eigenvalue weighted by atomic mass is 19.4. The number of methoxy groups -OCH3 is 1. The molecule has 0 aromatic rings. The second kappa shape index (κ2) is 9.86. The first kappa shape index (κ1) is 19.0. The van der Waals surface area contributed by atoms with Gasteiger partial charge in [-0.05, 0) is 38.0 Å². The third-order valence-corrected chi connectivity index (χ3v) is 2.51. The number of allylic oxidation sites excluding steroid dienone is 10. The highest BCUT2D eigenvalue weighted by molar-refractivity contribution is 5.36. The first-order valence-corrected chi connectivity index (χ1v) is 6.48. The van der Waals surface area contributed by atoms with Crippen LogP contribution in [0.5, 0.6) is 0 Å². The smallest absolute Gasteiger partial charge is 0.415 e. The molecule has 0 bridgehead atoms. The molecule has 0 radical (unpaired) electrons. The summed E-state index contributed by atoms with van der Waals surface area (Å²) < 4.78 is 42.8. The number of hydrogen-bond acceptors (Lipinski definition) is 1. The van der Waals surface area contributed by atoms with Crippen molar-refractivity contribution < 1.29 is 17.9 Å². The number of rotatable bonds is 7. The van der Waals surface area contributed by atoms with Crippen molar-refractivity contribution in [1.29, 1.82) is 0 Å². The molecule has 0 aliphatic heterocycles. The molecule has 0 aromatic heterocycles. The topological polar surface area (TPSA) is 9.23 Å². The van der Waals surface area contributed by atoms with Gasteiger partial charge in [0.05, 0.1) is 7.11 Å².